The maximum atomic E-state index is 12.9. The molecule has 1 aliphatic carbocycles. The van der Waals surface area contributed by atoms with Gasteiger partial charge < -0.3 is 89.3 Å². The Morgan fingerprint density at radius 2 is 1.72 bits per heavy atom. The van der Waals surface area contributed by atoms with Crippen molar-refractivity contribution in [3.05, 3.63) is 0 Å². The van der Waals surface area contributed by atoms with E-state index in [4.69, 9.17) is 53.3 Å². The van der Waals surface area contributed by atoms with Crippen molar-refractivity contribution >= 4 is 11.7 Å². The van der Waals surface area contributed by atoms with Gasteiger partial charge in [0.25, 0.3) is 5.91 Å². The van der Waals surface area contributed by atoms with Crippen LogP contribution in [-0.2, 0) is 23.7 Å². The third-order valence-electron chi connectivity index (χ3n) is 8.64. The van der Waals surface area contributed by atoms with Gasteiger partial charge in [0.15, 0.2) is 18.7 Å². The number of rotatable bonds is 13. The van der Waals surface area contributed by atoms with Crippen LogP contribution < -0.4 is 39.7 Å². The third kappa shape index (κ3) is 9.94. The minimum atomic E-state index is -1.85. The Kier molecular flexibility index (Phi) is 14.9. The highest BCUT2D eigenvalue weighted by Crippen LogP contribution is 2.31. The molecule has 2 aliphatic heterocycles. The predicted molar refractivity (Wildman–Crippen MR) is 162 cm³/mol. The molecule has 1 saturated carbocycles. The van der Waals surface area contributed by atoms with Crippen LogP contribution in [0.25, 0.3) is 0 Å². The molecule has 2 saturated heterocycles. The summed E-state index contributed by atoms with van der Waals surface area (Å²) in [7, 11) is 0. The van der Waals surface area contributed by atoms with Crippen LogP contribution in [0.4, 0.5) is 0 Å². The first-order chi connectivity index (χ1) is 21.7. The first-order valence-corrected chi connectivity index (χ1v) is 15.6. The van der Waals surface area contributed by atoms with E-state index in [1.807, 2.05) is 0 Å². The van der Waals surface area contributed by atoms with Gasteiger partial charge in [0.2, 0.25) is 0 Å². The summed E-state index contributed by atoms with van der Waals surface area (Å²) in [5.74, 6) is -0.713. The fourth-order valence-electron chi connectivity index (χ4n) is 5.73. The maximum Gasteiger partial charge on any atom is 0.251 e. The zero-order valence-electron chi connectivity index (χ0n) is 26.0. The highest BCUT2D eigenvalue weighted by atomic mass is 16.7. The number of amides is 1. The molecular formula is C27H54N8O11. The van der Waals surface area contributed by atoms with Crippen molar-refractivity contribution in [1.29, 1.82) is 0 Å². The second-order valence-corrected chi connectivity index (χ2v) is 12.4. The molecule has 16 unspecified atom stereocenters. The second-order valence-electron chi connectivity index (χ2n) is 12.4. The number of carbonyl (C=O) groups excluding carboxylic acids is 1. The lowest BCUT2D eigenvalue weighted by Gasteiger charge is -2.46. The molecule has 2 heterocycles. The van der Waals surface area contributed by atoms with Gasteiger partial charge in [-0.1, -0.05) is 0 Å². The Morgan fingerprint density at radius 3 is 2.35 bits per heavy atom. The van der Waals surface area contributed by atoms with Gasteiger partial charge in [-0.05, 0) is 39.2 Å². The summed E-state index contributed by atoms with van der Waals surface area (Å²) in [4.78, 5) is 17.2. The van der Waals surface area contributed by atoms with E-state index in [9.17, 15) is 35.4 Å². The van der Waals surface area contributed by atoms with Gasteiger partial charge in [-0.25, -0.2) is 0 Å². The number of nitrogens with zero attached hydrogens (tertiary/aromatic N) is 1. The van der Waals surface area contributed by atoms with Crippen molar-refractivity contribution in [3.8, 4) is 0 Å². The SMILES string of the molecule is CC(N)C(N)=NCC1CCC(N)C(OC2C(N)CC(NC(=O)C(O)C(O)CCN)C(OC3CC(O)C(N)C(O)C(CO)O3)C2O)O1. The summed E-state index contributed by atoms with van der Waals surface area (Å²) in [6, 6.07) is -4.19. The van der Waals surface area contributed by atoms with E-state index in [0.717, 1.165) is 0 Å². The lowest BCUT2D eigenvalue weighted by Crippen LogP contribution is -2.67. The molecule has 19 nitrogen and oxygen atoms in total. The molecule has 0 aromatic rings. The van der Waals surface area contributed by atoms with Crippen molar-refractivity contribution in [2.24, 2.45) is 39.4 Å². The number of aliphatic hydroxyl groups is 6. The molecule has 19 heteroatoms. The molecule has 0 aromatic heterocycles. The standard InChI is InChI=1S/C27H54N8O11/c1-10(29)25(33)34-8-11-2-3-12(30)27(43-11)46-23-13(31)6-14(35-26(42)20(39)15(37)4-5-28)24(22(23)41)45-18-7-16(38)19(32)21(40)17(9-36)44-18/h10-24,27,36-41H,2-9,28-32H2,1H3,(H2,33,34)(H,35,42). The average molecular weight is 667 g/mol. The molecule has 0 spiro atoms. The number of carbonyl (C=O) groups is 1. The third-order valence-corrected chi connectivity index (χ3v) is 8.64. The number of hydrogen-bond donors (Lipinski definition) is 13. The van der Waals surface area contributed by atoms with Crippen molar-refractivity contribution < 1.29 is 54.4 Å². The van der Waals surface area contributed by atoms with Crippen LogP contribution in [-0.4, -0.2) is 160 Å². The smallest absolute Gasteiger partial charge is 0.251 e. The Labute approximate surface area is 267 Å². The molecule has 46 heavy (non-hydrogen) atoms. The predicted octanol–water partition coefficient (Wildman–Crippen LogP) is -6.90. The monoisotopic (exact) mass is 666 g/mol. The summed E-state index contributed by atoms with van der Waals surface area (Å²) < 4.78 is 24.0. The van der Waals surface area contributed by atoms with Crippen LogP contribution in [0.15, 0.2) is 4.99 Å². The molecule has 3 fully saturated rings. The summed E-state index contributed by atoms with van der Waals surface area (Å²) >= 11 is 0. The molecule has 3 aliphatic rings. The van der Waals surface area contributed by atoms with Crippen molar-refractivity contribution in [2.75, 3.05) is 19.7 Å². The van der Waals surface area contributed by atoms with E-state index in [0.29, 0.717) is 12.8 Å². The maximum absolute atomic E-state index is 12.9. The Hall–Kier alpha value is -1.66. The summed E-state index contributed by atoms with van der Waals surface area (Å²) in [6.07, 6.45) is -13.4. The van der Waals surface area contributed by atoms with E-state index in [1.54, 1.807) is 6.92 Å². The van der Waals surface area contributed by atoms with Gasteiger partial charge in [0.1, 0.15) is 36.4 Å². The first kappa shape index (κ1) is 38.8. The van der Waals surface area contributed by atoms with E-state index < -0.39 is 110 Å². The van der Waals surface area contributed by atoms with Crippen molar-refractivity contribution in [3.63, 3.8) is 0 Å². The number of nitrogens with one attached hydrogen (secondary N) is 1. The Morgan fingerprint density at radius 1 is 1.02 bits per heavy atom. The number of nitrogens with two attached hydrogens (primary N) is 6. The molecule has 0 aromatic carbocycles. The van der Waals surface area contributed by atoms with Gasteiger partial charge in [-0.15, -0.1) is 0 Å². The normalized spacial score (nSPS) is 41.3. The first-order valence-electron chi connectivity index (χ1n) is 15.6. The zero-order chi connectivity index (χ0) is 34.3. The topological polar surface area (TPSA) is 356 Å². The number of hydrogen-bond acceptors (Lipinski definition) is 17. The number of aliphatic imine (C=N–C) groups is 1. The van der Waals surface area contributed by atoms with Crippen molar-refractivity contribution in [2.45, 2.75) is 137 Å². The highest BCUT2D eigenvalue weighted by Gasteiger charge is 2.49. The lowest BCUT2D eigenvalue weighted by molar-refractivity contribution is -0.278. The van der Waals surface area contributed by atoms with Gasteiger partial charge in [0, 0.05) is 12.5 Å². The average Bonchev–Trinajstić information content (AvgIpc) is 3.11. The van der Waals surface area contributed by atoms with Crippen molar-refractivity contribution in [1.82, 2.24) is 5.32 Å². The van der Waals surface area contributed by atoms with Gasteiger partial charge >= 0.3 is 0 Å². The van der Waals surface area contributed by atoms with Crippen LogP contribution in [0.1, 0.15) is 39.0 Å². The summed E-state index contributed by atoms with van der Waals surface area (Å²) in [5.41, 5.74) is 35.7. The molecular weight excluding hydrogens is 612 g/mol. The lowest BCUT2D eigenvalue weighted by atomic mass is 9.83. The number of ether oxygens (including phenoxy) is 4. The fraction of sp³-hybridized carbons (Fsp3) is 0.926. The van der Waals surface area contributed by atoms with E-state index in [-0.39, 0.29) is 38.2 Å². The largest absolute Gasteiger partial charge is 0.394 e. The van der Waals surface area contributed by atoms with Gasteiger partial charge in [0.05, 0.1) is 55.6 Å². The van der Waals surface area contributed by atoms with E-state index in [1.165, 1.54) is 0 Å². The molecule has 0 bridgehead atoms. The quantitative estimate of drug-likeness (QED) is 0.0641. The minimum absolute atomic E-state index is 0.0166. The van der Waals surface area contributed by atoms with Gasteiger partial charge in [-0.3, -0.25) is 9.79 Å². The van der Waals surface area contributed by atoms with Gasteiger partial charge in [-0.2, -0.15) is 0 Å². The molecule has 0 radical (unpaired) electrons. The number of amidine groups is 1. The second kappa shape index (κ2) is 17.7. The summed E-state index contributed by atoms with van der Waals surface area (Å²) in [6.45, 7) is 1.27. The van der Waals surface area contributed by atoms with Crippen LogP contribution in [0.2, 0.25) is 0 Å². The molecule has 19 N–H and O–H groups in total. The molecule has 3 rings (SSSR count). The van der Waals surface area contributed by atoms with E-state index >= 15 is 0 Å². The number of aliphatic hydroxyl groups excluding tert-OH is 6. The van der Waals surface area contributed by atoms with Crippen LogP contribution in [0.5, 0.6) is 0 Å². The zero-order valence-corrected chi connectivity index (χ0v) is 26.0. The molecule has 1 amide bonds. The Bertz CT molecular complexity index is 986. The fourth-order valence-corrected chi connectivity index (χ4v) is 5.73. The summed E-state index contributed by atoms with van der Waals surface area (Å²) in [5, 5.41) is 65.4. The molecule has 268 valence electrons. The minimum Gasteiger partial charge on any atom is -0.394 e. The van der Waals surface area contributed by atoms with Crippen LogP contribution >= 0.6 is 0 Å². The van der Waals surface area contributed by atoms with E-state index in [2.05, 4.69) is 10.3 Å². The Balaban J connectivity index is 1.83. The molecule has 16 atom stereocenters. The van der Waals surface area contributed by atoms with Crippen LogP contribution in [0.3, 0.4) is 0 Å². The van der Waals surface area contributed by atoms with Crippen LogP contribution in [0, 0.1) is 0 Å². The highest BCUT2D eigenvalue weighted by molar-refractivity contribution is 5.85.